The van der Waals surface area contributed by atoms with Crippen LogP contribution in [0, 0.1) is 0 Å². The van der Waals surface area contributed by atoms with E-state index in [2.05, 4.69) is 5.32 Å². The van der Waals surface area contributed by atoms with E-state index in [9.17, 15) is 14.7 Å². The van der Waals surface area contributed by atoms with Crippen molar-refractivity contribution >= 4 is 11.9 Å². The molecule has 1 atom stereocenters. The molecule has 1 unspecified atom stereocenters. The summed E-state index contributed by atoms with van der Waals surface area (Å²) in [6.07, 6.45) is -0.925. The maximum Gasteiger partial charge on any atom is 0.342 e. The molecule has 0 fully saturated rings. The summed E-state index contributed by atoms with van der Waals surface area (Å²) in [7, 11) is 0. The van der Waals surface area contributed by atoms with Gasteiger partial charge < -0.3 is 15.2 Å². The van der Waals surface area contributed by atoms with Crippen molar-refractivity contribution in [2.24, 2.45) is 0 Å². The second kappa shape index (κ2) is 5.73. The maximum absolute atomic E-state index is 11.8. The summed E-state index contributed by atoms with van der Waals surface area (Å²) in [5.74, 6) is -1.28. The molecule has 5 nitrogen and oxygen atoms in total. The minimum Gasteiger partial charge on any atom is -0.507 e. The first-order chi connectivity index (χ1) is 8.70. The van der Waals surface area contributed by atoms with Crippen LogP contribution in [0.4, 0.5) is 0 Å². The summed E-state index contributed by atoms with van der Waals surface area (Å²) in [4.78, 5) is 23.5. The summed E-state index contributed by atoms with van der Waals surface area (Å²) in [6, 6.07) is 6.03. The molecule has 0 radical (unpaired) electrons. The molecule has 0 aliphatic carbocycles. The van der Waals surface area contributed by atoms with Crippen LogP contribution in [0.1, 0.15) is 38.1 Å². The zero-order chi connectivity index (χ0) is 14.6. The number of para-hydroxylation sites is 1. The van der Waals surface area contributed by atoms with Crippen molar-refractivity contribution in [1.29, 1.82) is 0 Å². The van der Waals surface area contributed by atoms with Gasteiger partial charge in [0.25, 0.3) is 5.91 Å². The molecule has 2 N–H and O–H groups in total. The predicted molar refractivity (Wildman–Crippen MR) is 70.9 cm³/mol. The molecular weight excluding hydrogens is 246 g/mol. The van der Waals surface area contributed by atoms with Crippen molar-refractivity contribution in [1.82, 2.24) is 5.32 Å². The molecule has 1 rings (SSSR count). The first kappa shape index (κ1) is 15.0. The third-order valence-electron chi connectivity index (χ3n) is 2.28. The number of esters is 1. The second-order valence-corrected chi connectivity index (χ2v) is 5.30. The van der Waals surface area contributed by atoms with Crippen LogP contribution in [0.2, 0.25) is 0 Å². The number of amides is 1. The Morgan fingerprint density at radius 2 is 1.84 bits per heavy atom. The average Bonchev–Trinajstić information content (AvgIpc) is 2.27. The fourth-order valence-corrected chi connectivity index (χ4v) is 1.40. The van der Waals surface area contributed by atoms with Crippen LogP contribution < -0.4 is 5.32 Å². The molecule has 19 heavy (non-hydrogen) atoms. The van der Waals surface area contributed by atoms with E-state index in [4.69, 9.17) is 4.74 Å². The van der Waals surface area contributed by atoms with E-state index in [0.29, 0.717) is 0 Å². The number of nitrogens with one attached hydrogen (secondary N) is 1. The lowest BCUT2D eigenvalue weighted by Gasteiger charge is -2.23. The van der Waals surface area contributed by atoms with Gasteiger partial charge in [-0.05, 0) is 39.8 Å². The summed E-state index contributed by atoms with van der Waals surface area (Å²) in [5, 5.41) is 12.2. The molecule has 1 aromatic rings. The average molecular weight is 265 g/mol. The van der Waals surface area contributed by atoms with Gasteiger partial charge in [0.2, 0.25) is 0 Å². The summed E-state index contributed by atoms with van der Waals surface area (Å²) >= 11 is 0. The molecule has 1 amide bonds. The molecule has 0 saturated carbocycles. The highest BCUT2D eigenvalue weighted by atomic mass is 16.5. The van der Waals surface area contributed by atoms with E-state index >= 15 is 0 Å². The van der Waals surface area contributed by atoms with Gasteiger partial charge in [0.15, 0.2) is 6.10 Å². The third kappa shape index (κ3) is 4.62. The van der Waals surface area contributed by atoms with E-state index < -0.39 is 17.6 Å². The van der Waals surface area contributed by atoms with Crippen LogP contribution in [0.3, 0.4) is 0 Å². The van der Waals surface area contributed by atoms with E-state index in [0.717, 1.165) is 0 Å². The quantitative estimate of drug-likeness (QED) is 0.818. The number of ether oxygens (including phenoxy) is 1. The Kier molecular flexibility index (Phi) is 4.53. The van der Waals surface area contributed by atoms with Gasteiger partial charge in [-0.1, -0.05) is 12.1 Å². The Hall–Kier alpha value is -2.04. The van der Waals surface area contributed by atoms with E-state index in [1.165, 1.54) is 19.1 Å². The van der Waals surface area contributed by atoms with Crippen LogP contribution in [-0.2, 0) is 9.53 Å². The molecule has 0 bridgehead atoms. The first-order valence-corrected chi connectivity index (χ1v) is 6.02. The monoisotopic (exact) mass is 265 g/mol. The van der Waals surface area contributed by atoms with Crippen LogP contribution in [0.15, 0.2) is 24.3 Å². The molecule has 0 heterocycles. The largest absolute Gasteiger partial charge is 0.507 e. The Bertz CT molecular complexity index is 477. The van der Waals surface area contributed by atoms with Crippen molar-refractivity contribution in [3.8, 4) is 5.75 Å². The highest BCUT2D eigenvalue weighted by molar-refractivity contribution is 5.94. The van der Waals surface area contributed by atoms with Gasteiger partial charge in [-0.3, -0.25) is 4.79 Å². The topological polar surface area (TPSA) is 75.6 Å². The predicted octanol–water partition coefficient (Wildman–Crippen LogP) is 1.85. The van der Waals surface area contributed by atoms with Crippen LogP contribution in [-0.4, -0.2) is 28.6 Å². The molecule has 0 aliphatic heterocycles. The SMILES string of the molecule is CC(OC(=O)c1ccccc1O)C(=O)NC(C)(C)C. The summed E-state index contributed by atoms with van der Waals surface area (Å²) in [6.45, 7) is 6.99. The van der Waals surface area contributed by atoms with Crippen molar-refractivity contribution in [2.45, 2.75) is 39.3 Å². The number of rotatable bonds is 3. The first-order valence-electron chi connectivity index (χ1n) is 6.02. The minimum absolute atomic E-state index is 0.0397. The van der Waals surface area contributed by atoms with Gasteiger partial charge in [-0.2, -0.15) is 0 Å². The standard InChI is InChI=1S/C14H19NO4/c1-9(12(17)15-14(2,3)4)19-13(18)10-7-5-6-8-11(10)16/h5-9,16H,1-4H3,(H,15,17). The van der Waals surface area contributed by atoms with Gasteiger partial charge in [-0.15, -0.1) is 0 Å². The highest BCUT2D eigenvalue weighted by Gasteiger charge is 2.23. The Morgan fingerprint density at radius 3 is 2.37 bits per heavy atom. The number of aromatic hydroxyl groups is 1. The van der Waals surface area contributed by atoms with Crippen LogP contribution >= 0.6 is 0 Å². The van der Waals surface area contributed by atoms with E-state index in [1.807, 2.05) is 20.8 Å². The fourth-order valence-electron chi connectivity index (χ4n) is 1.40. The van der Waals surface area contributed by atoms with Crippen molar-refractivity contribution in [2.75, 3.05) is 0 Å². The number of carbonyl (C=O) groups excluding carboxylic acids is 2. The molecular formula is C14H19NO4. The van der Waals surface area contributed by atoms with Crippen molar-refractivity contribution in [3.05, 3.63) is 29.8 Å². The Balaban J connectivity index is 2.67. The van der Waals surface area contributed by atoms with Gasteiger partial charge in [-0.25, -0.2) is 4.79 Å². The normalized spacial score (nSPS) is 12.6. The number of carbonyl (C=O) groups is 2. The molecule has 0 aromatic heterocycles. The van der Waals surface area contributed by atoms with Crippen molar-refractivity contribution < 1.29 is 19.4 Å². The fraction of sp³-hybridized carbons (Fsp3) is 0.429. The van der Waals surface area contributed by atoms with Crippen LogP contribution in [0.25, 0.3) is 0 Å². The molecule has 0 aliphatic rings. The zero-order valence-electron chi connectivity index (χ0n) is 11.6. The smallest absolute Gasteiger partial charge is 0.342 e. The van der Waals surface area contributed by atoms with Gasteiger partial charge in [0.1, 0.15) is 11.3 Å². The van der Waals surface area contributed by atoms with Gasteiger partial charge in [0.05, 0.1) is 0 Å². The van der Waals surface area contributed by atoms with Gasteiger partial charge >= 0.3 is 5.97 Å². The number of phenolic OH excluding ortho intramolecular Hbond substituents is 1. The zero-order valence-corrected chi connectivity index (χ0v) is 11.6. The van der Waals surface area contributed by atoms with Crippen molar-refractivity contribution in [3.63, 3.8) is 0 Å². The van der Waals surface area contributed by atoms with E-state index in [-0.39, 0.29) is 17.2 Å². The third-order valence-corrected chi connectivity index (χ3v) is 2.28. The number of hydrogen-bond acceptors (Lipinski definition) is 4. The molecule has 0 spiro atoms. The second-order valence-electron chi connectivity index (χ2n) is 5.30. The molecule has 1 aromatic carbocycles. The number of benzene rings is 1. The minimum atomic E-state index is -0.925. The lowest BCUT2D eigenvalue weighted by molar-refractivity contribution is -0.130. The lowest BCUT2D eigenvalue weighted by atomic mass is 10.1. The molecule has 0 saturated heterocycles. The van der Waals surface area contributed by atoms with Gasteiger partial charge in [0, 0.05) is 5.54 Å². The van der Waals surface area contributed by atoms with Crippen LogP contribution in [0.5, 0.6) is 5.75 Å². The number of phenols is 1. The highest BCUT2D eigenvalue weighted by Crippen LogP contribution is 2.17. The Labute approximate surface area is 112 Å². The van der Waals surface area contributed by atoms with E-state index in [1.54, 1.807) is 12.1 Å². The lowest BCUT2D eigenvalue weighted by Crippen LogP contribution is -2.46. The summed E-state index contributed by atoms with van der Waals surface area (Å²) in [5.41, 5.74) is -0.356. The Morgan fingerprint density at radius 1 is 1.26 bits per heavy atom. The summed E-state index contributed by atoms with van der Waals surface area (Å²) < 4.78 is 5.01. The number of hydrogen-bond donors (Lipinski definition) is 2. The molecule has 104 valence electrons. The maximum atomic E-state index is 11.8. The molecule has 5 heteroatoms.